The third-order valence-electron chi connectivity index (χ3n) is 3.71. The monoisotopic (exact) mass is 394 g/mol. The van der Waals surface area contributed by atoms with Crippen LogP contribution in [0.5, 0.6) is 11.5 Å². The van der Waals surface area contributed by atoms with Gasteiger partial charge in [0.15, 0.2) is 0 Å². The maximum atomic E-state index is 11.7. The molecule has 108 valence electrons. The van der Waals surface area contributed by atoms with E-state index in [0.717, 1.165) is 39.7 Å². The van der Waals surface area contributed by atoms with Crippen molar-refractivity contribution >= 4 is 28.6 Å². The van der Waals surface area contributed by atoms with Crippen molar-refractivity contribution in [2.75, 3.05) is 4.43 Å². The molecule has 1 aliphatic heterocycles. The highest BCUT2D eigenvalue weighted by atomic mass is 127. The van der Waals surface area contributed by atoms with Crippen LogP contribution in [0.25, 0.3) is 0 Å². The zero-order valence-corrected chi connectivity index (χ0v) is 13.6. The quantitative estimate of drug-likeness (QED) is 0.526. The van der Waals surface area contributed by atoms with E-state index in [1.165, 1.54) is 0 Å². The van der Waals surface area contributed by atoms with Crippen LogP contribution in [0.15, 0.2) is 36.4 Å². The fraction of sp³-hybridized carbons (Fsp3) is 0.235. The summed E-state index contributed by atoms with van der Waals surface area (Å²) in [5, 5.41) is 9.61. The molecule has 0 atom stereocenters. The molecule has 0 aliphatic carbocycles. The van der Waals surface area contributed by atoms with Crippen LogP contribution in [0.4, 0.5) is 0 Å². The number of para-hydroxylation sites is 1. The zero-order valence-electron chi connectivity index (χ0n) is 11.4. The van der Waals surface area contributed by atoms with Gasteiger partial charge in [-0.2, -0.15) is 0 Å². The van der Waals surface area contributed by atoms with Crippen LogP contribution in [-0.4, -0.2) is 15.5 Å². The minimum atomic E-state index is -0.863. The van der Waals surface area contributed by atoms with Crippen molar-refractivity contribution in [3.05, 3.63) is 58.7 Å². The molecule has 0 bridgehead atoms. The molecule has 1 heterocycles. The molecule has 4 heteroatoms. The summed E-state index contributed by atoms with van der Waals surface area (Å²) in [6.07, 6.45) is 2.39. The van der Waals surface area contributed by atoms with E-state index in [1.54, 1.807) is 0 Å². The number of carboxylic acids is 1. The second-order valence-corrected chi connectivity index (χ2v) is 6.14. The first-order valence-electron chi connectivity index (χ1n) is 6.90. The largest absolute Gasteiger partial charge is 0.478 e. The van der Waals surface area contributed by atoms with E-state index in [1.807, 2.05) is 36.4 Å². The smallest absolute Gasteiger partial charge is 0.336 e. The predicted molar refractivity (Wildman–Crippen MR) is 89.9 cm³/mol. The fourth-order valence-electron chi connectivity index (χ4n) is 2.74. The minimum absolute atomic E-state index is 0.423. The average molecular weight is 394 g/mol. The summed E-state index contributed by atoms with van der Waals surface area (Å²) >= 11 is 2.31. The van der Waals surface area contributed by atoms with Gasteiger partial charge in [0.05, 0.1) is 5.56 Å². The van der Waals surface area contributed by atoms with Crippen LogP contribution in [-0.2, 0) is 12.8 Å². The number of rotatable bonds is 4. The van der Waals surface area contributed by atoms with Gasteiger partial charge in [0, 0.05) is 12.0 Å². The summed E-state index contributed by atoms with van der Waals surface area (Å²) in [4.78, 5) is 11.7. The van der Waals surface area contributed by atoms with Gasteiger partial charge in [0.2, 0.25) is 0 Å². The Morgan fingerprint density at radius 3 is 2.76 bits per heavy atom. The van der Waals surface area contributed by atoms with E-state index in [9.17, 15) is 9.90 Å². The number of alkyl halides is 1. The number of hydrogen-bond acceptors (Lipinski definition) is 2. The molecular weight excluding hydrogens is 379 g/mol. The third-order valence-corrected chi connectivity index (χ3v) is 4.47. The molecule has 1 aliphatic rings. The van der Waals surface area contributed by atoms with Crippen LogP contribution in [0, 0.1) is 0 Å². The number of ether oxygens (including phenoxy) is 1. The summed E-state index contributed by atoms with van der Waals surface area (Å²) in [7, 11) is 0. The van der Waals surface area contributed by atoms with Gasteiger partial charge in [-0.15, -0.1) is 0 Å². The Morgan fingerprint density at radius 2 is 2.00 bits per heavy atom. The lowest BCUT2D eigenvalue weighted by Crippen LogP contribution is -2.13. The van der Waals surface area contributed by atoms with Crippen molar-refractivity contribution in [3.63, 3.8) is 0 Å². The number of benzene rings is 2. The highest BCUT2D eigenvalue weighted by molar-refractivity contribution is 14.1. The van der Waals surface area contributed by atoms with Crippen LogP contribution < -0.4 is 4.74 Å². The Labute approximate surface area is 137 Å². The van der Waals surface area contributed by atoms with Crippen molar-refractivity contribution < 1.29 is 14.6 Å². The second kappa shape index (κ2) is 6.05. The zero-order chi connectivity index (χ0) is 14.8. The Hall–Kier alpha value is -1.56. The first-order chi connectivity index (χ1) is 10.2. The molecule has 1 N–H and O–H groups in total. The van der Waals surface area contributed by atoms with Gasteiger partial charge >= 0.3 is 5.97 Å². The van der Waals surface area contributed by atoms with Crippen LogP contribution >= 0.6 is 22.6 Å². The van der Waals surface area contributed by atoms with E-state index in [0.29, 0.717) is 17.7 Å². The van der Waals surface area contributed by atoms with Crippen molar-refractivity contribution in [1.82, 2.24) is 0 Å². The third kappa shape index (κ3) is 2.77. The first kappa shape index (κ1) is 14.4. The first-order valence-corrected chi connectivity index (χ1v) is 8.43. The Balaban J connectivity index is 2.07. The number of aromatic carboxylic acids is 1. The van der Waals surface area contributed by atoms with Crippen molar-refractivity contribution in [3.8, 4) is 11.5 Å². The van der Waals surface area contributed by atoms with E-state index < -0.39 is 5.97 Å². The van der Waals surface area contributed by atoms with Crippen molar-refractivity contribution in [2.24, 2.45) is 0 Å². The molecule has 2 aromatic carbocycles. The average Bonchev–Trinajstić information content (AvgIpc) is 2.50. The van der Waals surface area contributed by atoms with Gasteiger partial charge in [-0.1, -0.05) is 46.9 Å². The van der Waals surface area contributed by atoms with Crippen molar-refractivity contribution in [1.29, 1.82) is 0 Å². The summed E-state index contributed by atoms with van der Waals surface area (Å²) in [5.41, 5.74) is 3.17. The maximum absolute atomic E-state index is 11.7. The number of aryl methyl sites for hydroxylation is 1. The van der Waals surface area contributed by atoms with E-state index in [-0.39, 0.29) is 0 Å². The molecule has 0 saturated heterocycles. The molecule has 3 rings (SSSR count). The van der Waals surface area contributed by atoms with Gasteiger partial charge in [0.25, 0.3) is 0 Å². The molecule has 0 amide bonds. The molecule has 21 heavy (non-hydrogen) atoms. The Bertz CT molecular complexity index is 694. The maximum Gasteiger partial charge on any atom is 0.336 e. The SMILES string of the molecule is O=C(O)c1c(CCCI)ccc2c1Cc1ccccc1O2. The van der Waals surface area contributed by atoms with E-state index >= 15 is 0 Å². The highest BCUT2D eigenvalue weighted by Gasteiger charge is 2.24. The molecule has 0 radical (unpaired) electrons. The molecule has 0 saturated carbocycles. The lowest BCUT2D eigenvalue weighted by molar-refractivity contribution is 0.0694. The summed E-state index contributed by atoms with van der Waals surface area (Å²) in [6, 6.07) is 11.6. The molecule has 0 unspecified atom stereocenters. The van der Waals surface area contributed by atoms with Crippen LogP contribution in [0.2, 0.25) is 0 Å². The number of hydrogen-bond donors (Lipinski definition) is 1. The summed E-state index contributed by atoms with van der Waals surface area (Å²) in [6.45, 7) is 0. The van der Waals surface area contributed by atoms with Crippen LogP contribution in [0.1, 0.15) is 33.5 Å². The number of carboxylic acid groups (broad SMARTS) is 1. The number of halogens is 1. The molecular formula is C17H15IO3. The standard InChI is InChI=1S/C17H15IO3/c18-9-3-5-11-7-8-15-13(16(11)17(19)20)10-12-4-1-2-6-14(12)21-15/h1-2,4,6-8H,3,5,9-10H2,(H,19,20). The normalized spacial score (nSPS) is 12.2. The molecule has 0 aromatic heterocycles. The lowest BCUT2D eigenvalue weighted by Gasteiger charge is -2.23. The van der Waals surface area contributed by atoms with Gasteiger partial charge in [-0.25, -0.2) is 4.79 Å². The molecule has 0 fully saturated rings. The summed E-state index contributed by atoms with van der Waals surface area (Å²) < 4.78 is 6.88. The number of carbonyl (C=O) groups is 1. The summed E-state index contributed by atoms with van der Waals surface area (Å²) in [5.74, 6) is 0.629. The van der Waals surface area contributed by atoms with Crippen LogP contribution in [0.3, 0.4) is 0 Å². The molecule has 3 nitrogen and oxygen atoms in total. The number of fused-ring (bicyclic) bond motifs is 2. The van der Waals surface area contributed by atoms with E-state index in [2.05, 4.69) is 22.6 Å². The van der Waals surface area contributed by atoms with Gasteiger partial charge in [-0.05, 0) is 40.5 Å². The second-order valence-electron chi connectivity index (χ2n) is 5.06. The van der Waals surface area contributed by atoms with Gasteiger partial charge in [-0.3, -0.25) is 0 Å². The topological polar surface area (TPSA) is 46.5 Å². The Morgan fingerprint density at radius 1 is 1.19 bits per heavy atom. The van der Waals surface area contributed by atoms with E-state index in [4.69, 9.17) is 4.74 Å². The predicted octanol–water partition coefficient (Wildman–Crippen LogP) is 4.45. The minimum Gasteiger partial charge on any atom is -0.478 e. The van der Waals surface area contributed by atoms with Crippen molar-refractivity contribution in [2.45, 2.75) is 19.3 Å². The molecule has 0 spiro atoms. The fourth-order valence-corrected chi connectivity index (χ4v) is 3.12. The highest BCUT2D eigenvalue weighted by Crippen LogP contribution is 2.39. The van der Waals surface area contributed by atoms with Gasteiger partial charge in [0.1, 0.15) is 11.5 Å². The Kier molecular flexibility index (Phi) is 4.14. The van der Waals surface area contributed by atoms with Gasteiger partial charge < -0.3 is 9.84 Å². The molecule has 2 aromatic rings. The lowest BCUT2D eigenvalue weighted by atomic mass is 9.91.